The van der Waals surface area contributed by atoms with Crippen LogP contribution in [0.2, 0.25) is 10.0 Å². The number of rotatable bonds is 5. The number of aliphatic imine (C=N–C) groups is 1. The lowest BCUT2D eigenvalue weighted by Crippen LogP contribution is -2.07. The summed E-state index contributed by atoms with van der Waals surface area (Å²) in [5, 5.41) is 5.80. The van der Waals surface area contributed by atoms with E-state index in [2.05, 4.69) is 10.1 Å². The monoisotopic (exact) mass is 386 g/mol. The molecule has 0 unspecified atom stereocenters. The van der Waals surface area contributed by atoms with Crippen LogP contribution in [-0.2, 0) is 0 Å². The van der Waals surface area contributed by atoms with Gasteiger partial charge in [-0.15, -0.1) is 0 Å². The fourth-order valence-electron chi connectivity index (χ4n) is 2.43. The van der Waals surface area contributed by atoms with Crippen LogP contribution >= 0.6 is 23.2 Å². The first kappa shape index (κ1) is 18.2. The Hall–Kier alpha value is -2.63. The molecule has 26 heavy (non-hydrogen) atoms. The van der Waals surface area contributed by atoms with Crippen LogP contribution in [0.1, 0.15) is 10.4 Å². The lowest BCUT2D eigenvalue weighted by molar-refractivity contribution is 0.112. The van der Waals surface area contributed by atoms with Crippen LogP contribution in [0.15, 0.2) is 53.5 Å². The van der Waals surface area contributed by atoms with Gasteiger partial charge in [0, 0.05) is 29.7 Å². The molecule has 1 aromatic heterocycles. The highest BCUT2D eigenvalue weighted by molar-refractivity contribution is 6.31. The van der Waals surface area contributed by atoms with Gasteiger partial charge in [0.1, 0.15) is 5.69 Å². The summed E-state index contributed by atoms with van der Waals surface area (Å²) in [7, 11) is 3.70. The van der Waals surface area contributed by atoms with Gasteiger partial charge in [0.05, 0.1) is 17.6 Å². The molecule has 0 saturated carbocycles. The summed E-state index contributed by atoms with van der Waals surface area (Å²) in [6, 6.07) is 14.4. The third-order valence-corrected chi connectivity index (χ3v) is 4.08. The van der Waals surface area contributed by atoms with Crippen LogP contribution in [0, 0.1) is 0 Å². The van der Waals surface area contributed by atoms with E-state index in [1.807, 2.05) is 38.4 Å². The van der Waals surface area contributed by atoms with Crippen molar-refractivity contribution >= 4 is 41.6 Å². The molecule has 0 bridgehead atoms. The number of benzene rings is 2. The molecule has 5 nitrogen and oxygen atoms in total. The van der Waals surface area contributed by atoms with Gasteiger partial charge in [-0.1, -0.05) is 41.4 Å². The van der Waals surface area contributed by atoms with Crippen LogP contribution in [0.5, 0.6) is 0 Å². The number of hydrogen-bond donors (Lipinski definition) is 0. The molecular formula is C19H16Cl2N4O. The Morgan fingerprint density at radius 3 is 2.42 bits per heavy atom. The van der Waals surface area contributed by atoms with E-state index in [9.17, 15) is 4.79 Å². The van der Waals surface area contributed by atoms with Crippen molar-refractivity contribution in [2.45, 2.75) is 0 Å². The third kappa shape index (κ3) is 3.79. The van der Waals surface area contributed by atoms with E-state index in [0.29, 0.717) is 32.8 Å². The van der Waals surface area contributed by atoms with Crippen LogP contribution in [0.4, 0.5) is 5.82 Å². The normalized spacial score (nSPS) is 11.1. The average Bonchev–Trinajstić information content (AvgIpc) is 2.99. The zero-order valence-corrected chi connectivity index (χ0v) is 15.7. The summed E-state index contributed by atoms with van der Waals surface area (Å²) in [6.07, 6.45) is 2.39. The van der Waals surface area contributed by atoms with E-state index in [4.69, 9.17) is 23.2 Å². The van der Waals surface area contributed by atoms with Crippen molar-refractivity contribution in [1.29, 1.82) is 0 Å². The van der Waals surface area contributed by atoms with Crippen molar-refractivity contribution < 1.29 is 4.79 Å². The van der Waals surface area contributed by atoms with Crippen molar-refractivity contribution in [2.75, 3.05) is 14.1 Å². The summed E-state index contributed by atoms with van der Waals surface area (Å²) in [5.41, 5.74) is 2.42. The van der Waals surface area contributed by atoms with Gasteiger partial charge in [0.25, 0.3) is 0 Å². The Morgan fingerprint density at radius 2 is 1.81 bits per heavy atom. The van der Waals surface area contributed by atoms with Crippen LogP contribution < -0.4 is 0 Å². The fourth-order valence-corrected chi connectivity index (χ4v) is 2.74. The Kier molecular flexibility index (Phi) is 5.40. The highest BCUT2D eigenvalue weighted by Crippen LogP contribution is 2.32. The molecule has 0 atom stereocenters. The topological polar surface area (TPSA) is 50.5 Å². The zero-order valence-electron chi connectivity index (χ0n) is 14.2. The number of carbonyl (C=O) groups excluding carboxylic acids is 1. The van der Waals surface area contributed by atoms with E-state index >= 15 is 0 Å². The molecule has 0 aliphatic heterocycles. The Balaban J connectivity index is 2.25. The van der Waals surface area contributed by atoms with Gasteiger partial charge in [-0.25, -0.2) is 9.67 Å². The first-order chi connectivity index (χ1) is 12.5. The van der Waals surface area contributed by atoms with Crippen LogP contribution in [0.3, 0.4) is 0 Å². The lowest BCUT2D eigenvalue weighted by Gasteiger charge is -2.06. The predicted octanol–water partition coefficient (Wildman–Crippen LogP) is 4.88. The van der Waals surface area contributed by atoms with E-state index in [-0.39, 0.29) is 0 Å². The van der Waals surface area contributed by atoms with Gasteiger partial charge in [-0.05, 0) is 30.3 Å². The molecule has 2 aromatic carbocycles. The standard InChI is InChI=1S/C19H16Cl2N4O/c1-24(2)12-22-19-17(11-26)18(13-6-8-14(20)9-7-13)23-25(19)16-5-3-4-15(21)10-16/h3-12H,1-2H3/b22-12+. The number of aromatic nitrogens is 2. The molecule has 3 aromatic rings. The molecule has 0 radical (unpaired) electrons. The maximum Gasteiger partial charge on any atom is 0.168 e. The smallest absolute Gasteiger partial charge is 0.168 e. The van der Waals surface area contributed by atoms with Crippen molar-refractivity contribution in [3.05, 3.63) is 64.1 Å². The largest absolute Gasteiger partial charge is 0.369 e. The predicted molar refractivity (Wildman–Crippen MR) is 106 cm³/mol. The number of aldehydes is 1. The summed E-state index contributed by atoms with van der Waals surface area (Å²) >= 11 is 12.1. The zero-order chi connectivity index (χ0) is 18.7. The molecule has 0 fully saturated rings. The maximum absolute atomic E-state index is 11.9. The van der Waals surface area contributed by atoms with E-state index in [1.165, 1.54) is 0 Å². The van der Waals surface area contributed by atoms with E-state index < -0.39 is 0 Å². The first-order valence-corrected chi connectivity index (χ1v) is 8.56. The summed E-state index contributed by atoms with van der Waals surface area (Å²) < 4.78 is 1.61. The minimum Gasteiger partial charge on any atom is -0.369 e. The molecule has 7 heteroatoms. The van der Waals surface area contributed by atoms with Crippen molar-refractivity contribution in [3.63, 3.8) is 0 Å². The van der Waals surface area contributed by atoms with Gasteiger partial charge < -0.3 is 4.90 Å². The molecule has 1 heterocycles. The van der Waals surface area contributed by atoms with Crippen molar-refractivity contribution in [1.82, 2.24) is 14.7 Å². The number of halogens is 2. The number of carbonyl (C=O) groups is 1. The van der Waals surface area contributed by atoms with Crippen LogP contribution in [-0.4, -0.2) is 41.4 Å². The van der Waals surface area contributed by atoms with Crippen molar-refractivity contribution in [3.8, 4) is 16.9 Å². The molecule has 0 N–H and O–H groups in total. The second-order valence-electron chi connectivity index (χ2n) is 5.81. The van der Waals surface area contributed by atoms with Crippen molar-refractivity contribution in [2.24, 2.45) is 4.99 Å². The molecule has 0 saturated heterocycles. The second-order valence-corrected chi connectivity index (χ2v) is 6.68. The quantitative estimate of drug-likeness (QED) is 0.356. The molecule has 0 aliphatic carbocycles. The summed E-state index contributed by atoms with van der Waals surface area (Å²) in [5.74, 6) is 0.431. The minimum atomic E-state index is 0.394. The van der Waals surface area contributed by atoms with Crippen LogP contribution in [0.25, 0.3) is 16.9 Å². The molecule has 0 amide bonds. The average molecular weight is 387 g/mol. The lowest BCUT2D eigenvalue weighted by atomic mass is 10.1. The number of hydrogen-bond acceptors (Lipinski definition) is 3. The Bertz CT molecular complexity index is 962. The Labute approximate surface area is 161 Å². The summed E-state index contributed by atoms with van der Waals surface area (Å²) in [4.78, 5) is 18.1. The SMILES string of the molecule is CN(C)/C=N/c1c(C=O)c(-c2ccc(Cl)cc2)nn1-c1cccc(Cl)c1. The maximum atomic E-state index is 11.9. The first-order valence-electron chi connectivity index (χ1n) is 7.80. The highest BCUT2D eigenvalue weighted by Gasteiger charge is 2.19. The van der Waals surface area contributed by atoms with Gasteiger partial charge in [-0.3, -0.25) is 4.79 Å². The fraction of sp³-hybridized carbons (Fsp3) is 0.105. The van der Waals surface area contributed by atoms with Gasteiger partial charge >= 0.3 is 0 Å². The Morgan fingerprint density at radius 1 is 1.08 bits per heavy atom. The molecule has 0 spiro atoms. The van der Waals surface area contributed by atoms with Gasteiger partial charge in [0.2, 0.25) is 0 Å². The number of nitrogens with zero attached hydrogens (tertiary/aromatic N) is 4. The van der Waals surface area contributed by atoms with Gasteiger partial charge in [-0.2, -0.15) is 5.10 Å². The third-order valence-electron chi connectivity index (χ3n) is 3.60. The van der Waals surface area contributed by atoms with E-state index in [0.717, 1.165) is 11.8 Å². The summed E-state index contributed by atoms with van der Waals surface area (Å²) in [6.45, 7) is 0. The highest BCUT2D eigenvalue weighted by atomic mass is 35.5. The minimum absolute atomic E-state index is 0.394. The molecular weight excluding hydrogens is 371 g/mol. The molecule has 0 aliphatic rings. The van der Waals surface area contributed by atoms with Gasteiger partial charge in [0.15, 0.2) is 12.1 Å². The van der Waals surface area contributed by atoms with E-state index in [1.54, 1.807) is 40.2 Å². The molecule has 3 rings (SSSR count). The molecule has 132 valence electrons. The second kappa shape index (κ2) is 7.72.